The number of aromatic nitrogens is 2. The second-order valence-corrected chi connectivity index (χ2v) is 6.39. The minimum absolute atomic E-state index is 0.358. The van der Waals surface area contributed by atoms with Gasteiger partial charge >= 0.3 is 0 Å². The van der Waals surface area contributed by atoms with E-state index in [-0.39, 0.29) is 11.2 Å². The summed E-state index contributed by atoms with van der Waals surface area (Å²) in [6.45, 7) is 1.78. The molecule has 0 bridgehead atoms. The second kappa shape index (κ2) is 6.34. The highest BCUT2D eigenvalue weighted by Crippen LogP contribution is 2.30. The molecule has 5 nitrogen and oxygen atoms in total. The fourth-order valence-corrected chi connectivity index (χ4v) is 3.17. The summed E-state index contributed by atoms with van der Waals surface area (Å²) in [5.74, 6) is 0.432. The number of hydrogen-bond donors (Lipinski definition) is 1. The first kappa shape index (κ1) is 15.4. The van der Waals surface area contributed by atoms with Crippen LogP contribution in [-0.4, -0.2) is 27.8 Å². The number of carbonyl (C=O) groups excluding carboxylic acids is 1. The van der Waals surface area contributed by atoms with Gasteiger partial charge in [0.25, 0.3) is 0 Å². The van der Waals surface area contributed by atoms with E-state index < -0.39 is 0 Å². The smallest absolute Gasteiger partial charge is 0.230 e. The number of primary amides is 1. The second-order valence-electron chi connectivity index (χ2n) is 5.08. The van der Waals surface area contributed by atoms with E-state index >= 15 is 0 Å². The minimum Gasteiger partial charge on any atom is -0.497 e. The quantitative estimate of drug-likeness (QED) is 0.731. The molecule has 0 radical (unpaired) electrons. The van der Waals surface area contributed by atoms with Crippen molar-refractivity contribution in [2.24, 2.45) is 5.73 Å². The van der Waals surface area contributed by atoms with Gasteiger partial charge in [-0.1, -0.05) is 23.9 Å². The molecule has 1 atom stereocenters. The molecule has 0 aliphatic rings. The molecule has 0 fully saturated rings. The summed E-state index contributed by atoms with van der Waals surface area (Å²) >= 11 is 1.35. The highest BCUT2D eigenvalue weighted by molar-refractivity contribution is 8.00. The van der Waals surface area contributed by atoms with Gasteiger partial charge in [-0.3, -0.25) is 9.36 Å². The van der Waals surface area contributed by atoms with Crippen molar-refractivity contribution in [2.45, 2.75) is 17.3 Å². The van der Waals surface area contributed by atoms with E-state index in [9.17, 15) is 4.79 Å². The number of rotatable bonds is 5. The summed E-state index contributed by atoms with van der Waals surface area (Å²) in [7, 11) is 1.64. The Morgan fingerprint density at radius 3 is 2.57 bits per heavy atom. The van der Waals surface area contributed by atoms with E-state index in [1.807, 2.05) is 53.1 Å². The third kappa shape index (κ3) is 3.03. The zero-order valence-electron chi connectivity index (χ0n) is 12.9. The van der Waals surface area contributed by atoms with Gasteiger partial charge in [0.2, 0.25) is 5.91 Å². The molecule has 1 aromatic heterocycles. The van der Waals surface area contributed by atoms with Gasteiger partial charge in [0.1, 0.15) is 5.75 Å². The molecule has 0 saturated carbocycles. The van der Waals surface area contributed by atoms with Crippen LogP contribution >= 0.6 is 11.8 Å². The van der Waals surface area contributed by atoms with Crippen LogP contribution in [-0.2, 0) is 4.79 Å². The average Bonchev–Trinajstić information content (AvgIpc) is 2.92. The van der Waals surface area contributed by atoms with E-state index in [1.165, 1.54) is 11.8 Å². The number of imidazole rings is 1. The maximum atomic E-state index is 11.4. The van der Waals surface area contributed by atoms with Crippen LogP contribution in [0.5, 0.6) is 5.75 Å². The van der Waals surface area contributed by atoms with Gasteiger partial charge in [-0.15, -0.1) is 0 Å². The number of amides is 1. The van der Waals surface area contributed by atoms with E-state index in [4.69, 9.17) is 10.5 Å². The molecule has 2 aromatic carbocycles. The van der Waals surface area contributed by atoms with Crippen molar-refractivity contribution in [3.05, 3.63) is 48.5 Å². The lowest BCUT2D eigenvalue weighted by Gasteiger charge is -2.11. The number of para-hydroxylation sites is 2. The number of carbonyl (C=O) groups is 1. The van der Waals surface area contributed by atoms with Gasteiger partial charge in [-0.05, 0) is 43.3 Å². The lowest BCUT2D eigenvalue weighted by atomic mass is 10.2. The maximum absolute atomic E-state index is 11.4. The Labute approximate surface area is 138 Å². The molecule has 0 saturated heterocycles. The minimum atomic E-state index is -0.358. The van der Waals surface area contributed by atoms with Crippen LogP contribution in [0, 0.1) is 0 Å². The molecule has 118 valence electrons. The van der Waals surface area contributed by atoms with Crippen LogP contribution in [0.25, 0.3) is 16.7 Å². The van der Waals surface area contributed by atoms with E-state index in [0.29, 0.717) is 0 Å². The van der Waals surface area contributed by atoms with Crippen molar-refractivity contribution >= 4 is 28.7 Å². The third-order valence-electron chi connectivity index (χ3n) is 3.54. The first-order valence-electron chi connectivity index (χ1n) is 7.18. The maximum Gasteiger partial charge on any atom is 0.230 e. The predicted octanol–water partition coefficient (Wildman–Crippen LogP) is 3.00. The van der Waals surface area contributed by atoms with Crippen molar-refractivity contribution in [3.8, 4) is 11.4 Å². The molecule has 6 heteroatoms. The molecule has 23 heavy (non-hydrogen) atoms. The molecular formula is C17H17N3O2S. The molecule has 1 amide bonds. The molecule has 2 N–H and O–H groups in total. The van der Waals surface area contributed by atoms with Gasteiger partial charge < -0.3 is 10.5 Å². The van der Waals surface area contributed by atoms with Gasteiger partial charge in [0.05, 0.1) is 23.4 Å². The van der Waals surface area contributed by atoms with Crippen LogP contribution in [0.15, 0.2) is 53.7 Å². The lowest BCUT2D eigenvalue weighted by molar-refractivity contribution is -0.117. The van der Waals surface area contributed by atoms with Crippen LogP contribution in [0.1, 0.15) is 6.92 Å². The van der Waals surface area contributed by atoms with Crippen molar-refractivity contribution in [2.75, 3.05) is 7.11 Å². The number of thioether (sulfide) groups is 1. The number of methoxy groups -OCH3 is 1. The Bertz CT molecular complexity index is 843. The van der Waals surface area contributed by atoms with E-state index in [1.54, 1.807) is 14.0 Å². The van der Waals surface area contributed by atoms with Crippen molar-refractivity contribution in [1.29, 1.82) is 0 Å². The number of nitrogens with two attached hydrogens (primary N) is 1. The fourth-order valence-electron chi connectivity index (χ4n) is 2.28. The normalized spacial score (nSPS) is 12.3. The number of hydrogen-bond acceptors (Lipinski definition) is 4. The molecule has 1 heterocycles. The Hall–Kier alpha value is -2.47. The summed E-state index contributed by atoms with van der Waals surface area (Å²) in [4.78, 5) is 16.0. The predicted molar refractivity (Wildman–Crippen MR) is 92.1 cm³/mol. The topological polar surface area (TPSA) is 70.1 Å². The molecule has 0 unspecified atom stereocenters. The third-order valence-corrected chi connectivity index (χ3v) is 4.61. The van der Waals surface area contributed by atoms with Crippen molar-refractivity contribution in [3.63, 3.8) is 0 Å². The fraction of sp³-hybridized carbons (Fsp3) is 0.176. The first-order valence-corrected chi connectivity index (χ1v) is 8.06. The number of benzene rings is 2. The largest absolute Gasteiger partial charge is 0.497 e. The average molecular weight is 327 g/mol. The number of fused-ring (bicyclic) bond motifs is 1. The monoisotopic (exact) mass is 327 g/mol. The van der Waals surface area contributed by atoms with Crippen LogP contribution < -0.4 is 10.5 Å². The summed E-state index contributed by atoms with van der Waals surface area (Å²) in [6.07, 6.45) is 0. The Balaban J connectivity index is 2.13. The van der Waals surface area contributed by atoms with Crippen LogP contribution in [0.2, 0.25) is 0 Å². The summed E-state index contributed by atoms with van der Waals surface area (Å²) in [5, 5.41) is 0.381. The highest BCUT2D eigenvalue weighted by Gasteiger charge is 2.18. The standard InChI is InChI=1S/C17H17N3O2S/c1-11(16(18)21)23-17-19-14-5-3-4-6-15(14)20(17)12-7-9-13(22-2)10-8-12/h3-11H,1-2H3,(H2,18,21)/t11-/m0/s1. The van der Waals surface area contributed by atoms with Gasteiger partial charge in [0, 0.05) is 5.69 Å². The summed E-state index contributed by atoms with van der Waals surface area (Å²) in [5.41, 5.74) is 8.21. The zero-order valence-corrected chi connectivity index (χ0v) is 13.7. The lowest BCUT2D eigenvalue weighted by Crippen LogP contribution is -2.23. The first-order chi connectivity index (χ1) is 11.1. The summed E-state index contributed by atoms with van der Waals surface area (Å²) in [6, 6.07) is 15.6. The van der Waals surface area contributed by atoms with Crippen molar-refractivity contribution < 1.29 is 9.53 Å². The highest BCUT2D eigenvalue weighted by atomic mass is 32.2. The SMILES string of the molecule is COc1ccc(-n2c(S[C@@H](C)C(N)=O)nc3ccccc32)cc1. The molecule has 3 rings (SSSR count). The van der Waals surface area contributed by atoms with Crippen molar-refractivity contribution in [1.82, 2.24) is 9.55 Å². The van der Waals surface area contributed by atoms with Gasteiger partial charge in [-0.2, -0.15) is 0 Å². The molecular weight excluding hydrogens is 310 g/mol. The number of ether oxygens (including phenoxy) is 1. The molecule has 0 aliphatic carbocycles. The van der Waals surface area contributed by atoms with Gasteiger partial charge in [0.15, 0.2) is 5.16 Å². The number of nitrogens with zero attached hydrogens (tertiary/aromatic N) is 2. The molecule has 0 spiro atoms. The zero-order chi connectivity index (χ0) is 16.4. The van der Waals surface area contributed by atoms with E-state index in [2.05, 4.69) is 4.98 Å². The van der Waals surface area contributed by atoms with E-state index in [0.717, 1.165) is 27.6 Å². The molecule has 0 aliphatic heterocycles. The Morgan fingerprint density at radius 2 is 1.91 bits per heavy atom. The Kier molecular flexibility index (Phi) is 4.25. The van der Waals surface area contributed by atoms with Gasteiger partial charge in [-0.25, -0.2) is 4.98 Å². The summed E-state index contributed by atoms with van der Waals surface area (Å²) < 4.78 is 7.24. The van der Waals surface area contributed by atoms with Crippen LogP contribution in [0.4, 0.5) is 0 Å². The Morgan fingerprint density at radius 1 is 1.22 bits per heavy atom. The van der Waals surface area contributed by atoms with Crippen LogP contribution in [0.3, 0.4) is 0 Å². The molecule has 3 aromatic rings.